The summed E-state index contributed by atoms with van der Waals surface area (Å²) in [4.78, 5) is 0. The molecule has 0 aromatic heterocycles. The number of hydrogen-bond acceptors (Lipinski definition) is 0. The number of alkyl halides is 6. The van der Waals surface area contributed by atoms with Crippen LogP contribution in [0.2, 0.25) is 0 Å². The first kappa shape index (κ1) is 35.5. The van der Waals surface area contributed by atoms with E-state index in [0.717, 1.165) is 6.42 Å². The van der Waals surface area contributed by atoms with Crippen molar-refractivity contribution in [1.29, 1.82) is 0 Å². The van der Waals surface area contributed by atoms with Crippen LogP contribution < -0.4 is 0 Å². The summed E-state index contributed by atoms with van der Waals surface area (Å²) >= 11 is -4.06. The van der Waals surface area contributed by atoms with Crippen LogP contribution in [-0.4, -0.2) is 67.7 Å². The maximum Gasteiger partial charge on any atom is 4.00 e. The Kier molecular flexibility index (Phi) is 37.8. The standard InChI is InChI=1S/C5H5.C2HF6Ge.3C2H6N.Zr/c1-2-4-5-3-1;3-1(4,5)9-2(6,7)8;3*1-3-2;/h1-3H,4H2;9H;3*1-2H3;/q-1;;3*-1;+4. The fourth-order valence-corrected chi connectivity index (χ4v) is 1.30. The molecule has 0 saturated heterocycles. The van der Waals surface area contributed by atoms with Gasteiger partial charge in [0.1, 0.15) is 0 Å². The monoisotopic (exact) mass is 500 g/mol. The average molecular weight is 500 g/mol. The molecule has 3 nitrogen and oxygen atoms in total. The molecule has 0 spiro atoms. The van der Waals surface area contributed by atoms with E-state index in [1.807, 2.05) is 12.2 Å². The van der Waals surface area contributed by atoms with Crippen LogP contribution in [0.25, 0.3) is 16.0 Å². The molecule has 0 heterocycles. The molecule has 24 heavy (non-hydrogen) atoms. The van der Waals surface area contributed by atoms with Crippen LogP contribution in [0.15, 0.2) is 18.2 Å². The quantitative estimate of drug-likeness (QED) is 0.265. The molecular formula is C13H24F6GeN3Zr. The zero-order valence-electron chi connectivity index (χ0n) is 14.6. The first-order valence-electron chi connectivity index (χ1n) is 6.11. The van der Waals surface area contributed by atoms with Gasteiger partial charge in [-0.15, -0.1) is 6.42 Å². The van der Waals surface area contributed by atoms with Crippen molar-refractivity contribution in [2.75, 3.05) is 42.3 Å². The Morgan fingerprint density at radius 1 is 0.792 bits per heavy atom. The second kappa shape index (κ2) is 25.6. The Labute approximate surface area is 166 Å². The molecule has 1 aliphatic carbocycles. The molecule has 0 fully saturated rings. The SMILES string of the molecule is C[N-]C.C[N-]C.C[N-]C.F[C](F)(F)[GeH][C](F)(F)F.[C-]1=CC=CC1.[Zr+4]. The molecule has 0 N–H and O–H groups in total. The summed E-state index contributed by atoms with van der Waals surface area (Å²) in [5, 5.41) is 0.531. The molecule has 0 bridgehead atoms. The molecule has 0 aromatic rings. The molecule has 1 aliphatic rings. The largest absolute Gasteiger partial charge is 4.00 e. The van der Waals surface area contributed by atoms with Crippen molar-refractivity contribution in [2.24, 2.45) is 0 Å². The van der Waals surface area contributed by atoms with Gasteiger partial charge in [0.25, 0.3) is 0 Å². The van der Waals surface area contributed by atoms with Crippen molar-refractivity contribution in [3.05, 3.63) is 40.3 Å². The molecule has 0 saturated carbocycles. The summed E-state index contributed by atoms with van der Waals surface area (Å²) in [5.41, 5.74) is 0. The van der Waals surface area contributed by atoms with Gasteiger partial charge in [-0.3, -0.25) is 6.08 Å². The molecule has 0 amide bonds. The molecule has 0 unspecified atom stereocenters. The van der Waals surface area contributed by atoms with Crippen LogP contribution in [0.3, 0.4) is 0 Å². The van der Waals surface area contributed by atoms with Gasteiger partial charge in [0, 0.05) is 0 Å². The maximum absolute atomic E-state index is 10.9. The summed E-state index contributed by atoms with van der Waals surface area (Å²) in [6.45, 7) is 0. The van der Waals surface area contributed by atoms with Crippen molar-refractivity contribution in [2.45, 2.75) is 16.4 Å². The van der Waals surface area contributed by atoms with Gasteiger partial charge in [-0.25, -0.2) is 12.2 Å². The Hall–Kier alpha value is 0.366. The van der Waals surface area contributed by atoms with E-state index in [9.17, 15) is 26.3 Å². The molecule has 141 valence electrons. The van der Waals surface area contributed by atoms with E-state index in [1.165, 1.54) is 0 Å². The van der Waals surface area contributed by atoms with Crippen LogP contribution in [0.5, 0.6) is 0 Å². The van der Waals surface area contributed by atoms with Crippen LogP contribution >= 0.6 is 0 Å². The fraction of sp³-hybridized carbons (Fsp3) is 0.692. The van der Waals surface area contributed by atoms with Gasteiger partial charge in [-0.1, -0.05) is 0 Å². The average Bonchev–Trinajstić information content (AvgIpc) is 2.84. The number of rotatable bonds is 0. The van der Waals surface area contributed by atoms with Gasteiger partial charge >= 0.3 is 78.0 Å². The molecule has 0 atom stereocenters. The Morgan fingerprint density at radius 2 is 1.08 bits per heavy atom. The minimum absolute atomic E-state index is 0. The predicted octanol–water partition coefficient (Wildman–Crippen LogP) is 4.62. The maximum atomic E-state index is 10.9. The van der Waals surface area contributed by atoms with E-state index in [1.54, 1.807) is 42.3 Å². The van der Waals surface area contributed by atoms with Crippen LogP contribution in [0.4, 0.5) is 26.3 Å². The van der Waals surface area contributed by atoms with Crippen LogP contribution in [0, 0.1) is 6.08 Å². The second-order valence-electron chi connectivity index (χ2n) is 3.57. The summed E-state index contributed by atoms with van der Waals surface area (Å²) < 4.78 is 65.4. The van der Waals surface area contributed by atoms with E-state index in [4.69, 9.17) is 0 Å². The van der Waals surface area contributed by atoms with Gasteiger partial charge in [-0.05, 0) is 0 Å². The second-order valence-corrected chi connectivity index (χ2v) is 6.92. The minimum atomic E-state index is -4.98. The predicted molar refractivity (Wildman–Crippen MR) is 86.5 cm³/mol. The molecule has 1 rings (SSSR count). The zero-order valence-corrected chi connectivity index (χ0v) is 19.5. The first-order chi connectivity index (χ1) is 10.4. The van der Waals surface area contributed by atoms with E-state index < -0.39 is 25.4 Å². The van der Waals surface area contributed by atoms with Crippen molar-refractivity contribution < 1.29 is 52.5 Å². The first-order valence-corrected chi connectivity index (χ1v) is 8.53. The van der Waals surface area contributed by atoms with Crippen LogP contribution in [0.1, 0.15) is 6.42 Å². The Morgan fingerprint density at radius 3 is 1.12 bits per heavy atom. The third-order valence-electron chi connectivity index (χ3n) is 0.913. The van der Waals surface area contributed by atoms with Gasteiger partial charge in [0.15, 0.2) is 0 Å². The number of allylic oxidation sites excluding steroid dienone is 4. The van der Waals surface area contributed by atoms with Crippen molar-refractivity contribution in [3.63, 3.8) is 0 Å². The number of halogens is 6. The van der Waals surface area contributed by atoms with Gasteiger partial charge in [-0.2, -0.15) is 48.4 Å². The van der Waals surface area contributed by atoms with Gasteiger partial charge in [0.05, 0.1) is 0 Å². The van der Waals surface area contributed by atoms with Gasteiger partial charge in [0.2, 0.25) is 0 Å². The topological polar surface area (TPSA) is 42.3 Å². The molecule has 0 aliphatic heterocycles. The van der Waals surface area contributed by atoms with E-state index in [-0.39, 0.29) is 26.2 Å². The van der Waals surface area contributed by atoms with Crippen molar-refractivity contribution in [3.8, 4) is 0 Å². The minimum Gasteiger partial charge on any atom is -0.273 e. The van der Waals surface area contributed by atoms with E-state index in [0.29, 0.717) is 0 Å². The number of nitrogens with zero attached hydrogens (tertiary/aromatic N) is 3. The molecule has 1 radical (unpaired) electrons. The normalized spacial score (nSPS) is 11.2. The smallest absolute Gasteiger partial charge is 0.273 e. The van der Waals surface area contributed by atoms with E-state index in [2.05, 4.69) is 28.1 Å². The summed E-state index contributed by atoms with van der Waals surface area (Å²) in [6, 6.07) is 0. The Bertz CT molecular complexity index is 245. The Balaban J connectivity index is -0.0000000685. The third kappa shape index (κ3) is 79.0. The molecule has 0 aromatic carbocycles. The zero-order chi connectivity index (χ0) is 19.4. The summed E-state index contributed by atoms with van der Waals surface area (Å²) in [6.07, 6.45) is 10.0. The summed E-state index contributed by atoms with van der Waals surface area (Å²) in [5.74, 6) is 0. The molecular weight excluding hydrogens is 476 g/mol. The summed E-state index contributed by atoms with van der Waals surface area (Å²) in [7, 11) is 10.5. The third-order valence-corrected chi connectivity index (χ3v) is 2.29. The number of hydrogen-bond donors (Lipinski definition) is 0. The van der Waals surface area contributed by atoms with Crippen molar-refractivity contribution >= 4 is 15.4 Å². The van der Waals surface area contributed by atoms with Crippen LogP contribution in [-0.2, 0) is 26.2 Å². The van der Waals surface area contributed by atoms with Crippen molar-refractivity contribution in [1.82, 2.24) is 0 Å². The van der Waals surface area contributed by atoms with Gasteiger partial charge < -0.3 is 16.0 Å². The fourth-order valence-electron chi connectivity index (χ4n) is 0.526. The molecule has 11 heteroatoms. The van der Waals surface area contributed by atoms with E-state index >= 15 is 0 Å².